The third kappa shape index (κ3) is 3.08. The second-order valence-corrected chi connectivity index (χ2v) is 6.53. The molecule has 0 radical (unpaired) electrons. The lowest BCUT2D eigenvalue weighted by atomic mass is 10.1. The number of nitrogens with zero attached hydrogens (tertiary/aromatic N) is 4. The molecule has 1 unspecified atom stereocenters. The van der Waals surface area contributed by atoms with Crippen LogP contribution in [0.5, 0.6) is 0 Å². The molecule has 3 rings (SSSR count). The maximum Gasteiger partial charge on any atom is 0.205 e. The normalized spacial score (nSPS) is 23.5. The maximum absolute atomic E-state index is 4.73. The number of anilines is 1. The molecule has 2 heterocycles. The Bertz CT molecular complexity index is 411. The van der Waals surface area contributed by atoms with Crippen molar-refractivity contribution in [2.24, 2.45) is 5.92 Å². The highest BCUT2D eigenvalue weighted by Crippen LogP contribution is 2.40. The molecular formula is C14H24N4S. The van der Waals surface area contributed by atoms with Gasteiger partial charge in [0.1, 0.15) is 5.82 Å². The van der Waals surface area contributed by atoms with Gasteiger partial charge in [-0.2, -0.15) is 4.37 Å². The molecule has 2 fully saturated rings. The molecular weight excluding hydrogens is 256 g/mol. The van der Waals surface area contributed by atoms with Crippen LogP contribution in [-0.2, 0) is 0 Å². The molecule has 1 aromatic rings. The summed E-state index contributed by atoms with van der Waals surface area (Å²) in [5, 5.41) is 1.16. The molecule has 1 aromatic heterocycles. The van der Waals surface area contributed by atoms with E-state index in [1.807, 2.05) is 0 Å². The Kier molecular flexibility index (Phi) is 4.03. The number of hydrogen-bond acceptors (Lipinski definition) is 5. The van der Waals surface area contributed by atoms with Crippen LogP contribution in [0, 0.1) is 5.92 Å². The summed E-state index contributed by atoms with van der Waals surface area (Å²) in [6, 6.07) is 0. The summed E-state index contributed by atoms with van der Waals surface area (Å²) in [5.41, 5.74) is 0. The van der Waals surface area contributed by atoms with Crippen LogP contribution in [0.25, 0.3) is 0 Å². The van der Waals surface area contributed by atoms with Gasteiger partial charge < -0.3 is 9.80 Å². The Morgan fingerprint density at radius 2 is 2.05 bits per heavy atom. The predicted molar refractivity (Wildman–Crippen MR) is 80.0 cm³/mol. The van der Waals surface area contributed by atoms with Crippen LogP contribution >= 0.6 is 11.5 Å². The SMILES string of the molecule is CCN(CC)CC1CCN(c2nc(C3CC3)ns2)C1. The standard InChI is InChI=1S/C14H24N4S/c1-3-17(4-2)9-11-7-8-18(10-11)14-15-13(16-19-14)12-5-6-12/h11-12H,3-10H2,1-2H3. The van der Waals surface area contributed by atoms with E-state index in [9.17, 15) is 0 Å². The Balaban J connectivity index is 1.55. The highest BCUT2D eigenvalue weighted by Gasteiger charge is 2.30. The smallest absolute Gasteiger partial charge is 0.205 e. The van der Waals surface area contributed by atoms with Crippen molar-refractivity contribution >= 4 is 16.7 Å². The molecule has 0 aromatic carbocycles. The van der Waals surface area contributed by atoms with Crippen molar-refractivity contribution in [1.82, 2.24) is 14.3 Å². The molecule has 0 spiro atoms. The van der Waals surface area contributed by atoms with Gasteiger partial charge >= 0.3 is 0 Å². The predicted octanol–water partition coefficient (Wildman–Crippen LogP) is 2.58. The number of aromatic nitrogens is 2. The lowest BCUT2D eigenvalue weighted by molar-refractivity contribution is 0.261. The Hall–Kier alpha value is -0.680. The summed E-state index contributed by atoms with van der Waals surface area (Å²) in [7, 11) is 0. The summed E-state index contributed by atoms with van der Waals surface area (Å²) in [5.74, 6) is 2.58. The van der Waals surface area contributed by atoms with E-state index in [0.717, 1.165) is 43.1 Å². The van der Waals surface area contributed by atoms with Gasteiger partial charge in [-0.15, -0.1) is 0 Å². The number of hydrogen-bond donors (Lipinski definition) is 0. The molecule has 1 atom stereocenters. The molecule has 106 valence electrons. The highest BCUT2D eigenvalue weighted by molar-refractivity contribution is 7.09. The van der Waals surface area contributed by atoms with Crippen molar-refractivity contribution in [3.8, 4) is 0 Å². The molecule has 4 nitrogen and oxygen atoms in total. The van der Waals surface area contributed by atoms with E-state index in [2.05, 4.69) is 28.0 Å². The van der Waals surface area contributed by atoms with E-state index in [1.165, 1.54) is 25.8 Å². The van der Waals surface area contributed by atoms with E-state index in [0.29, 0.717) is 5.92 Å². The fourth-order valence-corrected chi connectivity index (χ4v) is 3.65. The van der Waals surface area contributed by atoms with Crippen LogP contribution in [0.1, 0.15) is 44.9 Å². The zero-order valence-electron chi connectivity index (χ0n) is 12.0. The molecule has 0 N–H and O–H groups in total. The first-order valence-electron chi connectivity index (χ1n) is 7.61. The van der Waals surface area contributed by atoms with Gasteiger partial charge in [0.2, 0.25) is 5.13 Å². The zero-order valence-corrected chi connectivity index (χ0v) is 12.8. The van der Waals surface area contributed by atoms with Gasteiger partial charge in [-0.05, 0) is 38.3 Å². The average Bonchev–Trinajstić information content (AvgIpc) is 2.99. The van der Waals surface area contributed by atoms with Crippen molar-refractivity contribution in [2.75, 3.05) is 37.6 Å². The second-order valence-electron chi connectivity index (χ2n) is 5.80. The monoisotopic (exact) mass is 280 g/mol. The molecule has 0 bridgehead atoms. The molecule has 1 aliphatic heterocycles. The molecule has 1 saturated heterocycles. The van der Waals surface area contributed by atoms with Gasteiger partial charge in [0.05, 0.1) is 0 Å². The van der Waals surface area contributed by atoms with Crippen LogP contribution in [0.15, 0.2) is 0 Å². The molecule has 2 aliphatic rings. The molecule has 1 saturated carbocycles. The first-order chi connectivity index (χ1) is 9.30. The first-order valence-corrected chi connectivity index (χ1v) is 8.38. The van der Waals surface area contributed by atoms with E-state index in [4.69, 9.17) is 4.98 Å². The van der Waals surface area contributed by atoms with Crippen molar-refractivity contribution in [3.05, 3.63) is 5.82 Å². The number of rotatable bonds is 6. The average molecular weight is 280 g/mol. The van der Waals surface area contributed by atoms with E-state index < -0.39 is 0 Å². The first kappa shape index (κ1) is 13.3. The lowest BCUT2D eigenvalue weighted by Crippen LogP contribution is -2.31. The highest BCUT2D eigenvalue weighted by atomic mass is 32.1. The van der Waals surface area contributed by atoms with E-state index >= 15 is 0 Å². The maximum atomic E-state index is 4.73. The van der Waals surface area contributed by atoms with Crippen molar-refractivity contribution < 1.29 is 0 Å². The van der Waals surface area contributed by atoms with Crippen LogP contribution in [0.2, 0.25) is 0 Å². The van der Waals surface area contributed by atoms with Crippen LogP contribution in [0.3, 0.4) is 0 Å². The van der Waals surface area contributed by atoms with Gasteiger partial charge in [0, 0.05) is 37.1 Å². The van der Waals surface area contributed by atoms with Gasteiger partial charge in [-0.1, -0.05) is 13.8 Å². The van der Waals surface area contributed by atoms with Gasteiger partial charge in [0.15, 0.2) is 0 Å². The molecule has 19 heavy (non-hydrogen) atoms. The van der Waals surface area contributed by atoms with Crippen molar-refractivity contribution in [3.63, 3.8) is 0 Å². The zero-order chi connectivity index (χ0) is 13.2. The Labute approximate surface area is 120 Å². The molecule has 1 aliphatic carbocycles. The van der Waals surface area contributed by atoms with Crippen molar-refractivity contribution in [1.29, 1.82) is 0 Å². The minimum absolute atomic E-state index is 0.680. The summed E-state index contributed by atoms with van der Waals surface area (Å²) in [4.78, 5) is 9.70. The van der Waals surface area contributed by atoms with E-state index in [-0.39, 0.29) is 0 Å². The second kappa shape index (κ2) is 5.75. The minimum atomic E-state index is 0.680. The van der Waals surface area contributed by atoms with Gasteiger partial charge in [-0.25, -0.2) is 4.98 Å². The van der Waals surface area contributed by atoms with Crippen LogP contribution < -0.4 is 4.90 Å². The Morgan fingerprint density at radius 1 is 1.26 bits per heavy atom. The van der Waals surface area contributed by atoms with Crippen molar-refractivity contribution in [2.45, 2.75) is 39.0 Å². The Morgan fingerprint density at radius 3 is 2.74 bits per heavy atom. The third-order valence-electron chi connectivity index (χ3n) is 4.34. The minimum Gasteiger partial charge on any atom is -0.347 e. The fraction of sp³-hybridized carbons (Fsp3) is 0.857. The third-order valence-corrected chi connectivity index (χ3v) is 5.13. The summed E-state index contributed by atoms with van der Waals surface area (Å²) >= 11 is 1.60. The topological polar surface area (TPSA) is 32.3 Å². The lowest BCUT2D eigenvalue weighted by Gasteiger charge is -2.22. The van der Waals surface area contributed by atoms with Gasteiger partial charge in [0.25, 0.3) is 0 Å². The summed E-state index contributed by atoms with van der Waals surface area (Å²) < 4.78 is 4.52. The molecule has 0 amide bonds. The van der Waals surface area contributed by atoms with Crippen LogP contribution in [0.4, 0.5) is 5.13 Å². The van der Waals surface area contributed by atoms with Crippen LogP contribution in [-0.4, -0.2) is 47.0 Å². The summed E-state index contributed by atoms with van der Waals surface area (Å²) in [6.45, 7) is 10.4. The quantitative estimate of drug-likeness (QED) is 0.802. The van der Waals surface area contributed by atoms with E-state index in [1.54, 1.807) is 11.5 Å². The van der Waals surface area contributed by atoms with Gasteiger partial charge in [-0.3, -0.25) is 0 Å². The molecule has 5 heteroatoms. The fourth-order valence-electron chi connectivity index (χ4n) is 2.86. The summed E-state index contributed by atoms with van der Waals surface area (Å²) in [6.07, 6.45) is 3.89. The largest absolute Gasteiger partial charge is 0.347 e.